The van der Waals surface area contributed by atoms with E-state index in [1.165, 1.54) is 44.9 Å². The van der Waals surface area contributed by atoms with Crippen LogP contribution in [0.15, 0.2) is 0 Å². The monoisotopic (exact) mass is 197 g/mol. The lowest BCUT2D eigenvalue weighted by atomic mass is 9.81. The van der Waals surface area contributed by atoms with Crippen LogP contribution >= 0.6 is 0 Å². The molecule has 0 radical (unpaired) electrons. The molecule has 14 heavy (non-hydrogen) atoms. The van der Waals surface area contributed by atoms with Crippen LogP contribution in [0.3, 0.4) is 0 Å². The maximum absolute atomic E-state index is 6.30. The van der Waals surface area contributed by atoms with Gasteiger partial charge >= 0.3 is 0 Å². The van der Waals surface area contributed by atoms with Crippen LogP contribution in [-0.2, 0) is 0 Å². The summed E-state index contributed by atoms with van der Waals surface area (Å²) in [5, 5.41) is 0. The molecule has 0 aromatic heterocycles. The topological polar surface area (TPSA) is 26.0 Å². The van der Waals surface area contributed by atoms with E-state index in [0.29, 0.717) is 11.5 Å². The molecule has 1 rings (SSSR count). The summed E-state index contributed by atoms with van der Waals surface area (Å²) in [6.45, 7) is 6.89. The second-order valence-electron chi connectivity index (χ2n) is 6.18. The van der Waals surface area contributed by atoms with Crippen LogP contribution in [0.1, 0.15) is 65.7 Å². The van der Waals surface area contributed by atoms with Gasteiger partial charge in [-0.1, -0.05) is 46.5 Å². The fraction of sp³-hybridized carbons (Fsp3) is 1.00. The zero-order valence-corrected chi connectivity index (χ0v) is 10.2. The minimum atomic E-state index is 0.395. The molecule has 1 heteroatoms. The molecule has 1 aliphatic rings. The molecule has 1 aliphatic carbocycles. The summed E-state index contributed by atoms with van der Waals surface area (Å²) in [5.74, 6) is 0.803. The fourth-order valence-corrected chi connectivity index (χ4v) is 2.61. The van der Waals surface area contributed by atoms with Gasteiger partial charge in [-0.25, -0.2) is 0 Å². The third kappa shape index (κ3) is 4.45. The molecule has 1 unspecified atom stereocenters. The van der Waals surface area contributed by atoms with Crippen molar-refractivity contribution < 1.29 is 0 Å². The van der Waals surface area contributed by atoms with E-state index in [4.69, 9.17) is 5.73 Å². The number of hydrogen-bond acceptors (Lipinski definition) is 1. The molecule has 0 aliphatic heterocycles. The SMILES string of the molecule is CC(C)(C)CC(N)C1CCCCCC1. The van der Waals surface area contributed by atoms with Crippen LogP contribution < -0.4 is 5.73 Å². The van der Waals surface area contributed by atoms with Crippen LogP contribution in [0, 0.1) is 11.3 Å². The molecular weight excluding hydrogens is 170 g/mol. The lowest BCUT2D eigenvalue weighted by Crippen LogP contribution is -2.33. The van der Waals surface area contributed by atoms with Crippen LogP contribution in [0.5, 0.6) is 0 Å². The summed E-state index contributed by atoms with van der Waals surface area (Å²) in [6.07, 6.45) is 9.59. The van der Waals surface area contributed by atoms with E-state index in [0.717, 1.165) is 5.92 Å². The molecule has 0 bridgehead atoms. The Labute approximate surface area is 89.5 Å². The van der Waals surface area contributed by atoms with Gasteiger partial charge in [-0.3, -0.25) is 0 Å². The molecule has 84 valence electrons. The van der Waals surface area contributed by atoms with E-state index >= 15 is 0 Å². The third-order valence-electron chi connectivity index (χ3n) is 3.35. The Hall–Kier alpha value is -0.0400. The predicted molar refractivity (Wildman–Crippen MR) is 63.2 cm³/mol. The van der Waals surface area contributed by atoms with Crippen LogP contribution in [0.2, 0.25) is 0 Å². The van der Waals surface area contributed by atoms with Gasteiger partial charge in [0.15, 0.2) is 0 Å². The Morgan fingerprint density at radius 1 is 1.07 bits per heavy atom. The zero-order chi connectivity index (χ0) is 10.6. The molecular formula is C13H27N. The van der Waals surface area contributed by atoms with E-state index in [1.807, 2.05) is 0 Å². The Morgan fingerprint density at radius 3 is 2.00 bits per heavy atom. The van der Waals surface area contributed by atoms with Crippen LogP contribution in [0.4, 0.5) is 0 Å². The number of rotatable bonds is 2. The highest BCUT2D eigenvalue weighted by Crippen LogP contribution is 2.30. The Kier molecular flexibility index (Phi) is 4.43. The van der Waals surface area contributed by atoms with Gasteiger partial charge in [-0.2, -0.15) is 0 Å². The lowest BCUT2D eigenvalue weighted by Gasteiger charge is -2.29. The summed E-state index contributed by atoms with van der Waals surface area (Å²) in [6, 6.07) is 0.438. The molecule has 1 nitrogen and oxygen atoms in total. The standard InChI is InChI=1S/C13H27N/c1-13(2,3)10-12(14)11-8-6-4-5-7-9-11/h11-12H,4-10,14H2,1-3H3. The average Bonchev–Trinajstić information content (AvgIpc) is 2.27. The van der Waals surface area contributed by atoms with Crippen molar-refractivity contribution in [3.05, 3.63) is 0 Å². The normalized spacial score (nSPS) is 23.1. The van der Waals surface area contributed by atoms with E-state index in [1.54, 1.807) is 0 Å². The third-order valence-corrected chi connectivity index (χ3v) is 3.35. The summed E-state index contributed by atoms with van der Waals surface area (Å²) in [7, 11) is 0. The molecule has 1 saturated carbocycles. The Morgan fingerprint density at radius 2 is 1.57 bits per heavy atom. The van der Waals surface area contributed by atoms with Gasteiger partial charge in [0.05, 0.1) is 0 Å². The van der Waals surface area contributed by atoms with E-state index in [-0.39, 0.29) is 0 Å². The summed E-state index contributed by atoms with van der Waals surface area (Å²) in [5.41, 5.74) is 6.70. The minimum Gasteiger partial charge on any atom is -0.327 e. The van der Waals surface area contributed by atoms with Crippen molar-refractivity contribution in [2.24, 2.45) is 17.1 Å². The highest BCUT2D eigenvalue weighted by atomic mass is 14.7. The fourth-order valence-electron chi connectivity index (χ4n) is 2.61. The van der Waals surface area contributed by atoms with Gasteiger partial charge < -0.3 is 5.73 Å². The molecule has 2 N–H and O–H groups in total. The van der Waals surface area contributed by atoms with Gasteiger partial charge in [0.1, 0.15) is 0 Å². The zero-order valence-electron chi connectivity index (χ0n) is 10.2. The molecule has 0 aromatic carbocycles. The van der Waals surface area contributed by atoms with Gasteiger partial charge in [-0.15, -0.1) is 0 Å². The Balaban J connectivity index is 2.37. The molecule has 0 aromatic rings. The van der Waals surface area contributed by atoms with Crippen molar-refractivity contribution in [1.29, 1.82) is 0 Å². The van der Waals surface area contributed by atoms with Crippen molar-refractivity contribution >= 4 is 0 Å². The smallest absolute Gasteiger partial charge is 0.00721 e. The Bertz CT molecular complexity index is 149. The van der Waals surface area contributed by atoms with Crippen molar-refractivity contribution in [3.8, 4) is 0 Å². The van der Waals surface area contributed by atoms with Crippen LogP contribution in [0.25, 0.3) is 0 Å². The molecule has 1 fully saturated rings. The maximum atomic E-state index is 6.30. The summed E-state index contributed by atoms with van der Waals surface area (Å²) in [4.78, 5) is 0. The van der Waals surface area contributed by atoms with E-state index in [9.17, 15) is 0 Å². The van der Waals surface area contributed by atoms with Crippen molar-refractivity contribution in [1.82, 2.24) is 0 Å². The van der Waals surface area contributed by atoms with Gasteiger partial charge in [0, 0.05) is 6.04 Å². The predicted octanol–water partition coefficient (Wildman–Crippen LogP) is 3.72. The largest absolute Gasteiger partial charge is 0.327 e. The van der Waals surface area contributed by atoms with Gasteiger partial charge in [0.25, 0.3) is 0 Å². The lowest BCUT2D eigenvalue weighted by molar-refractivity contribution is 0.266. The minimum absolute atomic E-state index is 0.395. The average molecular weight is 197 g/mol. The van der Waals surface area contributed by atoms with E-state index in [2.05, 4.69) is 20.8 Å². The van der Waals surface area contributed by atoms with Crippen LogP contribution in [-0.4, -0.2) is 6.04 Å². The second kappa shape index (κ2) is 5.16. The first-order valence-electron chi connectivity index (χ1n) is 6.24. The molecule has 0 amide bonds. The second-order valence-corrected chi connectivity index (χ2v) is 6.18. The number of hydrogen-bond donors (Lipinski definition) is 1. The molecule has 0 heterocycles. The first-order chi connectivity index (χ1) is 6.49. The highest BCUT2D eigenvalue weighted by Gasteiger charge is 2.23. The molecule has 1 atom stereocenters. The first kappa shape index (κ1) is 12.0. The summed E-state index contributed by atoms with van der Waals surface area (Å²) >= 11 is 0. The summed E-state index contributed by atoms with van der Waals surface area (Å²) < 4.78 is 0. The molecule has 0 spiro atoms. The van der Waals surface area contributed by atoms with E-state index < -0.39 is 0 Å². The highest BCUT2D eigenvalue weighted by molar-refractivity contribution is 4.79. The number of nitrogens with two attached hydrogens (primary N) is 1. The first-order valence-corrected chi connectivity index (χ1v) is 6.24. The van der Waals surface area contributed by atoms with Gasteiger partial charge in [-0.05, 0) is 30.6 Å². The van der Waals surface area contributed by atoms with Gasteiger partial charge in [0.2, 0.25) is 0 Å². The van der Waals surface area contributed by atoms with Crippen molar-refractivity contribution in [2.45, 2.75) is 71.8 Å². The maximum Gasteiger partial charge on any atom is 0.00721 e. The van der Waals surface area contributed by atoms with Crippen molar-refractivity contribution in [2.75, 3.05) is 0 Å². The molecule has 0 saturated heterocycles. The quantitative estimate of drug-likeness (QED) is 0.671. The van der Waals surface area contributed by atoms with Crippen molar-refractivity contribution in [3.63, 3.8) is 0 Å².